The van der Waals surface area contributed by atoms with E-state index in [1.807, 2.05) is 18.2 Å². The van der Waals surface area contributed by atoms with E-state index in [1.54, 1.807) is 0 Å². The molecule has 1 aromatic rings. The van der Waals surface area contributed by atoms with E-state index >= 15 is 0 Å². The zero-order valence-electron chi connectivity index (χ0n) is 11.6. The molecule has 0 bridgehead atoms. The molecule has 0 unspecified atom stereocenters. The SMILES string of the molecule is CC(C)CNC(=O)CCCCC[n+]1ccccc1. The van der Waals surface area contributed by atoms with Crippen LogP contribution in [-0.4, -0.2) is 12.5 Å². The van der Waals surface area contributed by atoms with Crippen LogP contribution in [0.3, 0.4) is 0 Å². The van der Waals surface area contributed by atoms with Crippen LogP contribution in [-0.2, 0) is 11.3 Å². The molecule has 0 spiro atoms. The predicted molar refractivity (Wildman–Crippen MR) is 73.0 cm³/mol. The quantitative estimate of drug-likeness (QED) is 0.556. The van der Waals surface area contributed by atoms with Gasteiger partial charge in [-0.15, -0.1) is 0 Å². The molecular weight excluding hydrogens is 224 g/mol. The highest BCUT2D eigenvalue weighted by atomic mass is 16.1. The maximum atomic E-state index is 11.5. The Morgan fingerprint density at radius 1 is 1.11 bits per heavy atom. The maximum absolute atomic E-state index is 11.5. The number of hydrogen-bond acceptors (Lipinski definition) is 1. The number of carbonyl (C=O) groups is 1. The number of rotatable bonds is 8. The first-order valence-corrected chi connectivity index (χ1v) is 6.89. The zero-order valence-corrected chi connectivity index (χ0v) is 11.6. The first-order chi connectivity index (χ1) is 8.68. The smallest absolute Gasteiger partial charge is 0.220 e. The van der Waals surface area contributed by atoms with Gasteiger partial charge in [0.25, 0.3) is 0 Å². The molecule has 0 radical (unpaired) electrons. The molecule has 1 heterocycles. The Morgan fingerprint density at radius 3 is 2.50 bits per heavy atom. The molecule has 1 amide bonds. The van der Waals surface area contributed by atoms with E-state index in [4.69, 9.17) is 0 Å². The van der Waals surface area contributed by atoms with Gasteiger partial charge in [-0.25, -0.2) is 4.57 Å². The van der Waals surface area contributed by atoms with Crippen LogP contribution in [0, 0.1) is 5.92 Å². The van der Waals surface area contributed by atoms with Crippen molar-refractivity contribution >= 4 is 5.91 Å². The minimum atomic E-state index is 0.191. The fourth-order valence-corrected chi connectivity index (χ4v) is 1.75. The Kier molecular flexibility index (Phi) is 7.07. The van der Waals surface area contributed by atoms with Gasteiger partial charge in [0.1, 0.15) is 6.54 Å². The molecule has 3 heteroatoms. The average molecular weight is 249 g/mol. The average Bonchev–Trinajstić information content (AvgIpc) is 2.37. The van der Waals surface area contributed by atoms with Gasteiger partial charge in [-0.2, -0.15) is 0 Å². The Labute approximate surface area is 110 Å². The van der Waals surface area contributed by atoms with Crippen molar-refractivity contribution in [1.82, 2.24) is 5.32 Å². The first-order valence-electron chi connectivity index (χ1n) is 6.89. The number of unbranched alkanes of at least 4 members (excludes halogenated alkanes) is 2. The van der Waals surface area contributed by atoms with Gasteiger partial charge in [0, 0.05) is 31.5 Å². The number of hydrogen-bond donors (Lipinski definition) is 1. The summed E-state index contributed by atoms with van der Waals surface area (Å²) in [6.45, 7) is 6.04. The molecule has 0 atom stereocenters. The van der Waals surface area contributed by atoms with Crippen LogP contribution in [0.1, 0.15) is 39.5 Å². The molecule has 0 aliphatic carbocycles. The highest BCUT2D eigenvalue weighted by Crippen LogP contribution is 2.00. The van der Waals surface area contributed by atoms with Crippen molar-refractivity contribution in [3.63, 3.8) is 0 Å². The van der Waals surface area contributed by atoms with Crippen molar-refractivity contribution in [2.75, 3.05) is 6.54 Å². The summed E-state index contributed by atoms with van der Waals surface area (Å²) in [5.41, 5.74) is 0. The molecule has 0 aliphatic heterocycles. The summed E-state index contributed by atoms with van der Waals surface area (Å²) in [6.07, 6.45) is 8.04. The van der Waals surface area contributed by atoms with Crippen molar-refractivity contribution < 1.29 is 9.36 Å². The largest absolute Gasteiger partial charge is 0.356 e. The van der Waals surface area contributed by atoms with E-state index in [0.29, 0.717) is 12.3 Å². The number of carbonyl (C=O) groups excluding carboxylic acids is 1. The summed E-state index contributed by atoms with van der Waals surface area (Å²) in [5, 5.41) is 2.95. The third-order valence-corrected chi connectivity index (χ3v) is 2.80. The van der Waals surface area contributed by atoms with E-state index in [1.165, 1.54) is 0 Å². The topological polar surface area (TPSA) is 33.0 Å². The van der Waals surface area contributed by atoms with E-state index < -0.39 is 0 Å². The summed E-state index contributed by atoms with van der Waals surface area (Å²) in [7, 11) is 0. The van der Waals surface area contributed by atoms with Crippen molar-refractivity contribution in [2.24, 2.45) is 5.92 Å². The lowest BCUT2D eigenvalue weighted by Crippen LogP contribution is -2.32. The van der Waals surface area contributed by atoms with E-state index in [2.05, 4.69) is 36.1 Å². The van der Waals surface area contributed by atoms with Crippen LogP contribution >= 0.6 is 0 Å². The normalized spacial score (nSPS) is 10.6. The summed E-state index contributed by atoms with van der Waals surface area (Å²) >= 11 is 0. The summed E-state index contributed by atoms with van der Waals surface area (Å²) < 4.78 is 2.18. The molecular formula is C15H25N2O+. The minimum absolute atomic E-state index is 0.191. The monoisotopic (exact) mass is 249 g/mol. The van der Waals surface area contributed by atoms with Crippen molar-refractivity contribution in [3.8, 4) is 0 Å². The third-order valence-electron chi connectivity index (χ3n) is 2.80. The van der Waals surface area contributed by atoms with Crippen molar-refractivity contribution in [3.05, 3.63) is 30.6 Å². The second kappa shape index (κ2) is 8.67. The predicted octanol–water partition coefficient (Wildman–Crippen LogP) is 2.31. The fraction of sp³-hybridized carbons (Fsp3) is 0.600. The number of amides is 1. The van der Waals surface area contributed by atoms with E-state index in [9.17, 15) is 4.79 Å². The van der Waals surface area contributed by atoms with Crippen LogP contribution in [0.25, 0.3) is 0 Å². The summed E-state index contributed by atoms with van der Waals surface area (Å²) in [5.74, 6) is 0.722. The molecule has 0 aromatic carbocycles. The molecule has 1 rings (SSSR count). The molecule has 1 aromatic heterocycles. The van der Waals surface area contributed by atoms with Gasteiger partial charge in [-0.1, -0.05) is 19.9 Å². The third kappa shape index (κ3) is 7.05. The van der Waals surface area contributed by atoms with Gasteiger partial charge in [0.15, 0.2) is 12.4 Å². The van der Waals surface area contributed by atoms with E-state index in [0.717, 1.165) is 32.4 Å². The molecule has 0 aliphatic rings. The number of pyridine rings is 1. The number of nitrogens with one attached hydrogen (secondary N) is 1. The van der Waals surface area contributed by atoms with Crippen LogP contribution in [0.15, 0.2) is 30.6 Å². The Hall–Kier alpha value is -1.38. The zero-order chi connectivity index (χ0) is 13.2. The second-order valence-corrected chi connectivity index (χ2v) is 5.12. The lowest BCUT2D eigenvalue weighted by molar-refractivity contribution is -0.697. The highest BCUT2D eigenvalue weighted by molar-refractivity contribution is 5.75. The number of aromatic nitrogens is 1. The van der Waals surface area contributed by atoms with Crippen LogP contribution in [0.5, 0.6) is 0 Å². The Balaban J connectivity index is 2.00. The van der Waals surface area contributed by atoms with Gasteiger partial charge in [-0.3, -0.25) is 4.79 Å². The van der Waals surface area contributed by atoms with Gasteiger partial charge in [0.2, 0.25) is 5.91 Å². The maximum Gasteiger partial charge on any atom is 0.220 e. The second-order valence-electron chi connectivity index (χ2n) is 5.12. The highest BCUT2D eigenvalue weighted by Gasteiger charge is 2.03. The van der Waals surface area contributed by atoms with Crippen LogP contribution in [0.2, 0.25) is 0 Å². The first kappa shape index (κ1) is 14.7. The van der Waals surface area contributed by atoms with Crippen molar-refractivity contribution in [1.29, 1.82) is 0 Å². The Morgan fingerprint density at radius 2 is 1.83 bits per heavy atom. The number of aryl methyl sites for hydroxylation is 1. The summed E-state index contributed by atoms with van der Waals surface area (Å²) in [4.78, 5) is 11.5. The van der Waals surface area contributed by atoms with Crippen LogP contribution in [0.4, 0.5) is 0 Å². The van der Waals surface area contributed by atoms with Gasteiger partial charge < -0.3 is 5.32 Å². The molecule has 0 saturated heterocycles. The minimum Gasteiger partial charge on any atom is -0.356 e. The Bertz CT molecular complexity index is 336. The molecule has 0 fully saturated rings. The summed E-state index contributed by atoms with van der Waals surface area (Å²) in [6, 6.07) is 6.11. The van der Waals surface area contributed by atoms with Gasteiger partial charge in [0.05, 0.1) is 0 Å². The lowest BCUT2D eigenvalue weighted by Gasteiger charge is -2.06. The van der Waals surface area contributed by atoms with Crippen LogP contribution < -0.4 is 9.88 Å². The van der Waals surface area contributed by atoms with Gasteiger partial charge in [-0.05, 0) is 18.8 Å². The molecule has 3 nitrogen and oxygen atoms in total. The lowest BCUT2D eigenvalue weighted by atomic mass is 10.1. The number of nitrogens with zero attached hydrogens (tertiary/aromatic N) is 1. The molecule has 1 N–H and O–H groups in total. The molecule has 0 saturated carbocycles. The standard InChI is InChI=1S/C15H24N2O/c1-14(2)13-16-15(18)9-5-3-6-10-17-11-7-4-8-12-17/h4,7-8,11-12,14H,3,5-6,9-10,13H2,1-2H3/p+1. The molecule has 100 valence electrons. The van der Waals surface area contributed by atoms with Gasteiger partial charge >= 0.3 is 0 Å². The molecule has 18 heavy (non-hydrogen) atoms. The van der Waals surface area contributed by atoms with E-state index in [-0.39, 0.29) is 5.91 Å². The fourth-order valence-electron chi connectivity index (χ4n) is 1.75. The van der Waals surface area contributed by atoms with Crippen molar-refractivity contribution in [2.45, 2.75) is 46.1 Å².